The summed E-state index contributed by atoms with van der Waals surface area (Å²) in [6, 6.07) is 3.75. The molecule has 0 spiro atoms. The van der Waals surface area contributed by atoms with E-state index in [0.29, 0.717) is 28.0 Å². The van der Waals surface area contributed by atoms with Crippen LogP contribution < -0.4 is 4.90 Å². The van der Waals surface area contributed by atoms with Crippen LogP contribution >= 0.6 is 0 Å². The standard InChI is InChI=1S/C22H28F4N4O2S/c1-28-11-17(27-15-28)12-30-18(10-9-16-5-2-3-6-16)13-29(33(31,32)22(24,25)26)14-19-20(23)7-4-8-21(19)30/h4,7-8,11,15-16,18H,2-3,5-6,9-10,12-14H2,1H3. The van der Waals surface area contributed by atoms with Crippen molar-refractivity contribution in [1.29, 1.82) is 0 Å². The highest BCUT2D eigenvalue weighted by Crippen LogP contribution is 2.38. The third kappa shape index (κ3) is 5.03. The summed E-state index contributed by atoms with van der Waals surface area (Å²) in [6.07, 6.45) is 9.12. The van der Waals surface area contributed by atoms with Crippen molar-refractivity contribution in [3.8, 4) is 0 Å². The molecule has 1 atom stereocenters. The molecule has 1 aromatic heterocycles. The summed E-state index contributed by atoms with van der Waals surface area (Å²) in [5, 5.41) is 0. The molecule has 2 aliphatic rings. The van der Waals surface area contributed by atoms with E-state index in [-0.39, 0.29) is 18.7 Å². The van der Waals surface area contributed by atoms with E-state index >= 15 is 0 Å². The van der Waals surface area contributed by atoms with Crippen molar-refractivity contribution >= 4 is 15.7 Å². The number of imidazole rings is 1. The lowest BCUT2D eigenvalue weighted by Crippen LogP contribution is -2.47. The lowest BCUT2D eigenvalue weighted by molar-refractivity contribution is -0.0492. The van der Waals surface area contributed by atoms with Gasteiger partial charge in [-0.05, 0) is 30.9 Å². The number of halogens is 4. The van der Waals surface area contributed by atoms with Crippen molar-refractivity contribution in [3.05, 3.63) is 47.8 Å². The zero-order chi connectivity index (χ0) is 23.8. The number of aryl methyl sites for hydroxylation is 1. The Hall–Kier alpha value is -2.14. The van der Waals surface area contributed by atoms with Gasteiger partial charge in [0.05, 0.1) is 18.6 Å². The number of aromatic nitrogens is 2. The average Bonchev–Trinajstić information content (AvgIpc) is 3.37. The lowest BCUT2D eigenvalue weighted by Gasteiger charge is -2.34. The number of benzene rings is 1. The van der Waals surface area contributed by atoms with Crippen LogP contribution in [0.2, 0.25) is 0 Å². The molecule has 1 fully saturated rings. The Morgan fingerprint density at radius 2 is 1.88 bits per heavy atom. The van der Waals surface area contributed by atoms with Crippen LogP contribution in [0, 0.1) is 11.7 Å². The number of fused-ring (bicyclic) bond motifs is 1. The van der Waals surface area contributed by atoms with E-state index in [1.165, 1.54) is 6.07 Å². The van der Waals surface area contributed by atoms with Crippen LogP contribution in [0.5, 0.6) is 0 Å². The maximum atomic E-state index is 14.8. The minimum absolute atomic E-state index is 0.0513. The Labute approximate surface area is 191 Å². The van der Waals surface area contributed by atoms with E-state index in [9.17, 15) is 26.0 Å². The smallest absolute Gasteiger partial charge is 0.361 e. The number of alkyl halides is 3. The molecule has 0 N–H and O–H groups in total. The number of hydrogen-bond donors (Lipinski definition) is 0. The molecule has 1 aliphatic heterocycles. The highest BCUT2D eigenvalue weighted by atomic mass is 32.2. The Bertz CT molecular complexity index is 1080. The van der Waals surface area contributed by atoms with Gasteiger partial charge in [-0.1, -0.05) is 31.7 Å². The highest BCUT2D eigenvalue weighted by Gasteiger charge is 2.51. The largest absolute Gasteiger partial charge is 0.511 e. The second kappa shape index (κ2) is 9.25. The van der Waals surface area contributed by atoms with Crippen LogP contribution in [0.3, 0.4) is 0 Å². The van der Waals surface area contributed by atoms with Gasteiger partial charge in [0.25, 0.3) is 0 Å². The van der Waals surface area contributed by atoms with Crippen LogP contribution in [-0.2, 0) is 30.2 Å². The van der Waals surface area contributed by atoms with E-state index in [4.69, 9.17) is 0 Å². The molecule has 182 valence electrons. The highest BCUT2D eigenvalue weighted by molar-refractivity contribution is 7.89. The van der Waals surface area contributed by atoms with Gasteiger partial charge in [-0.3, -0.25) is 0 Å². The zero-order valence-corrected chi connectivity index (χ0v) is 19.2. The van der Waals surface area contributed by atoms with Gasteiger partial charge in [0, 0.05) is 43.6 Å². The summed E-state index contributed by atoms with van der Waals surface area (Å²) in [5.74, 6) is -0.248. The molecule has 0 bridgehead atoms. The van der Waals surface area contributed by atoms with Gasteiger partial charge in [-0.25, -0.2) is 17.8 Å². The van der Waals surface area contributed by atoms with Gasteiger partial charge >= 0.3 is 15.5 Å². The maximum Gasteiger partial charge on any atom is 0.511 e. The Morgan fingerprint density at radius 1 is 1.15 bits per heavy atom. The first kappa shape index (κ1) is 24.0. The van der Waals surface area contributed by atoms with Crippen LogP contribution in [0.15, 0.2) is 30.7 Å². The van der Waals surface area contributed by atoms with E-state index < -0.39 is 33.9 Å². The second-order valence-corrected chi connectivity index (χ2v) is 11.0. The minimum atomic E-state index is -5.62. The van der Waals surface area contributed by atoms with Gasteiger partial charge < -0.3 is 9.47 Å². The first-order valence-electron chi connectivity index (χ1n) is 11.1. The molecular formula is C22H28F4N4O2S. The first-order chi connectivity index (χ1) is 15.6. The Kier molecular flexibility index (Phi) is 6.73. The normalized spacial score (nSPS) is 20.8. The van der Waals surface area contributed by atoms with Gasteiger partial charge in [-0.15, -0.1) is 0 Å². The molecule has 1 saturated carbocycles. The molecule has 6 nitrogen and oxygen atoms in total. The van der Waals surface area contributed by atoms with Crippen molar-refractivity contribution in [2.75, 3.05) is 11.4 Å². The van der Waals surface area contributed by atoms with Crippen molar-refractivity contribution in [1.82, 2.24) is 13.9 Å². The summed E-state index contributed by atoms with van der Waals surface area (Å²) < 4.78 is 82.2. The van der Waals surface area contributed by atoms with Gasteiger partial charge in [0.1, 0.15) is 5.82 Å². The van der Waals surface area contributed by atoms with Crippen molar-refractivity contribution in [2.24, 2.45) is 13.0 Å². The third-order valence-corrected chi connectivity index (χ3v) is 8.24. The molecular weight excluding hydrogens is 460 g/mol. The molecule has 2 heterocycles. The molecule has 1 aliphatic carbocycles. The van der Waals surface area contributed by atoms with Crippen molar-refractivity contribution in [2.45, 2.75) is 63.2 Å². The Morgan fingerprint density at radius 3 is 2.52 bits per heavy atom. The lowest BCUT2D eigenvalue weighted by atomic mass is 9.97. The molecule has 11 heteroatoms. The molecule has 0 radical (unpaired) electrons. The summed E-state index contributed by atoms with van der Waals surface area (Å²) >= 11 is 0. The molecule has 0 saturated heterocycles. The topological polar surface area (TPSA) is 58.4 Å². The predicted molar refractivity (Wildman–Crippen MR) is 116 cm³/mol. The van der Waals surface area contributed by atoms with Gasteiger partial charge in [0.15, 0.2) is 0 Å². The molecule has 33 heavy (non-hydrogen) atoms. The quantitative estimate of drug-likeness (QED) is 0.559. The first-order valence-corrected chi connectivity index (χ1v) is 12.6. The predicted octanol–water partition coefficient (Wildman–Crippen LogP) is 4.57. The van der Waals surface area contributed by atoms with Crippen LogP contribution in [0.4, 0.5) is 23.2 Å². The van der Waals surface area contributed by atoms with Crippen LogP contribution in [-0.4, -0.2) is 40.4 Å². The molecule has 1 aromatic carbocycles. The van der Waals surface area contributed by atoms with Crippen molar-refractivity contribution < 1.29 is 26.0 Å². The van der Waals surface area contributed by atoms with E-state index in [0.717, 1.165) is 38.2 Å². The number of hydrogen-bond acceptors (Lipinski definition) is 4. The summed E-state index contributed by atoms with van der Waals surface area (Å²) in [6.45, 7) is -0.787. The van der Waals surface area contributed by atoms with Crippen LogP contribution in [0.1, 0.15) is 49.8 Å². The number of sulfonamides is 1. The fourth-order valence-corrected chi connectivity index (χ4v) is 5.95. The summed E-state index contributed by atoms with van der Waals surface area (Å²) in [7, 11) is -3.82. The molecule has 4 rings (SSSR count). The zero-order valence-electron chi connectivity index (χ0n) is 18.4. The average molecular weight is 489 g/mol. The van der Waals surface area contributed by atoms with E-state index in [1.807, 2.05) is 11.9 Å². The van der Waals surface area contributed by atoms with Crippen LogP contribution in [0.25, 0.3) is 0 Å². The molecule has 0 amide bonds. The minimum Gasteiger partial charge on any atom is -0.361 e. The Balaban J connectivity index is 1.75. The monoisotopic (exact) mass is 488 g/mol. The fourth-order valence-electron chi connectivity index (χ4n) is 4.99. The van der Waals surface area contributed by atoms with E-state index in [1.54, 1.807) is 23.2 Å². The number of nitrogens with zero attached hydrogens (tertiary/aromatic N) is 4. The second-order valence-electron chi connectivity index (χ2n) is 9.02. The number of rotatable bonds is 6. The molecule has 2 aromatic rings. The molecule has 1 unspecified atom stereocenters. The fraction of sp³-hybridized carbons (Fsp3) is 0.591. The summed E-state index contributed by atoms with van der Waals surface area (Å²) in [4.78, 5) is 6.17. The number of anilines is 1. The van der Waals surface area contributed by atoms with Gasteiger partial charge in [0.2, 0.25) is 0 Å². The van der Waals surface area contributed by atoms with E-state index in [2.05, 4.69) is 4.98 Å². The summed E-state index contributed by atoms with van der Waals surface area (Å²) in [5.41, 5.74) is -4.42. The maximum absolute atomic E-state index is 14.8. The SMILES string of the molecule is Cn1cnc(CN2c3cccc(F)c3CN(S(=O)(=O)C(F)(F)F)CC2CCC2CCCC2)c1. The van der Waals surface area contributed by atoms with Gasteiger partial charge in [-0.2, -0.15) is 17.5 Å². The van der Waals surface area contributed by atoms with Crippen molar-refractivity contribution in [3.63, 3.8) is 0 Å². The third-order valence-electron chi connectivity index (χ3n) is 6.70.